The van der Waals surface area contributed by atoms with Gasteiger partial charge in [-0.3, -0.25) is 0 Å². The molecule has 88 valence electrons. The Morgan fingerprint density at radius 2 is 2.38 bits per heavy atom. The van der Waals surface area contributed by atoms with E-state index in [4.69, 9.17) is 15.2 Å². The van der Waals surface area contributed by atoms with Crippen molar-refractivity contribution in [3.63, 3.8) is 0 Å². The van der Waals surface area contributed by atoms with Crippen LogP contribution in [0.3, 0.4) is 0 Å². The van der Waals surface area contributed by atoms with Crippen LogP contribution in [0.5, 0.6) is 5.75 Å². The lowest BCUT2D eigenvalue weighted by Gasteiger charge is -2.21. The number of hydrogen-bond acceptors (Lipinski definition) is 3. The van der Waals surface area contributed by atoms with E-state index in [9.17, 15) is 0 Å². The fourth-order valence-electron chi connectivity index (χ4n) is 1.99. The number of rotatable bonds is 3. The van der Waals surface area contributed by atoms with Crippen LogP contribution in [0.25, 0.3) is 0 Å². The highest BCUT2D eigenvalue weighted by atomic mass is 79.9. The fraction of sp³-hybridized carbons (Fsp3) is 0.500. The molecule has 1 aliphatic rings. The first kappa shape index (κ1) is 11.9. The van der Waals surface area contributed by atoms with E-state index in [1.807, 2.05) is 6.07 Å². The van der Waals surface area contributed by atoms with Gasteiger partial charge in [0.2, 0.25) is 0 Å². The summed E-state index contributed by atoms with van der Waals surface area (Å²) < 4.78 is 11.5. The molecule has 1 aromatic rings. The highest BCUT2D eigenvalue weighted by Crippen LogP contribution is 2.28. The zero-order chi connectivity index (χ0) is 11.6. The van der Waals surface area contributed by atoms with Crippen LogP contribution >= 0.6 is 15.9 Å². The van der Waals surface area contributed by atoms with Gasteiger partial charge in [0.15, 0.2) is 0 Å². The van der Waals surface area contributed by atoms with Crippen molar-refractivity contribution >= 4 is 15.9 Å². The first-order valence-corrected chi connectivity index (χ1v) is 6.11. The zero-order valence-electron chi connectivity index (χ0n) is 9.33. The van der Waals surface area contributed by atoms with E-state index in [1.54, 1.807) is 7.11 Å². The third kappa shape index (κ3) is 2.56. The molecule has 1 heterocycles. The molecule has 2 rings (SSSR count). The smallest absolute Gasteiger partial charge is 0.133 e. The molecule has 1 unspecified atom stereocenters. The van der Waals surface area contributed by atoms with Gasteiger partial charge in [0.1, 0.15) is 5.75 Å². The minimum absolute atomic E-state index is 0.200. The summed E-state index contributed by atoms with van der Waals surface area (Å²) in [6, 6.07) is 6.07. The van der Waals surface area contributed by atoms with Crippen LogP contribution in [-0.4, -0.2) is 25.9 Å². The van der Waals surface area contributed by atoms with E-state index < -0.39 is 0 Å². The number of nitrogens with two attached hydrogens (primary N) is 1. The Labute approximate surface area is 104 Å². The van der Waals surface area contributed by atoms with Crippen LogP contribution in [0.4, 0.5) is 0 Å². The molecule has 4 heteroatoms. The Bertz CT molecular complexity index is 375. The highest BCUT2D eigenvalue weighted by Gasteiger charge is 2.30. The summed E-state index contributed by atoms with van der Waals surface area (Å²) in [6.45, 7) is 1.42. The molecule has 3 nitrogen and oxygen atoms in total. The van der Waals surface area contributed by atoms with E-state index in [0.29, 0.717) is 6.61 Å². The van der Waals surface area contributed by atoms with Crippen molar-refractivity contribution in [2.24, 2.45) is 5.73 Å². The van der Waals surface area contributed by atoms with Crippen molar-refractivity contribution < 1.29 is 9.47 Å². The summed E-state index contributed by atoms with van der Waals surface area (Å²) in [5, 5.41) is 0. The molecular weight excluding hydrogens is 270 g/mol. The van der Waals surface area contributed by atoms with Crippen molar-refractivity contribution in [2.45, 2.75) is 18.4 Å². The number of ether oxygens (including phenoxy) is 2. The number of halogens is 1. The fourth-order valence-corrected chi connectivity index (χ4v) is 2.58. The molecule has 1 atom stereocenters. The van der Waals surface area contributed by atoms with Crippen LogP contribution < -0.4 is 10.5 Å². The van der Waals surface area contributed by atoms with Crippen molar-refractivity contribution in [2.75, 3.05) is 20.3 Å². The lowest BCUT2D eigenvalue weighted by atomic mass is 9.91. The molecule has 1 aliphatic heterocycles. The molecule has 0 aliphatic carbocycles. The van der Waals surface area contributed by atoms with Gasteiger partial charge in [-0.1, -0.05) is 6.07 Å². The molecule has 0 spiro atoms. The maximum absolute atomic E-state index is 6.24. The Morgan fingerprint density at radius 3 is 2.94 bits per heavy atom. The van der Waals surface area contributed by atoms with E-state index in [2.05, 4.69) is 28.1 Å². The molecule has 0 aromatic heterocycles. The first-order chi connectivity index (χ1) is 7.63. The molecule has 16 heavy (non-hydrogen) atoms. The summed E-state index contributed by atoms with van der Waals surface area (Å²) in [4.78, 5) is 0. The predicted molar refractivity (Wildman–Crippen MR) is 66.8 cm³/mol. The SMILES string of the molecule is COc1ccc(CC2(N)CCOC2)cc1Br. The summed E-state index contributed by atoms with van der Waals surface area (Å²) >= 11 is 3.48. The third-order valence-corrected chi connectivity index (χ3v) is 3.53. The molecule has 0 amide bonds. The molecule has 1 saturated heterocycles. The van der Waals surface area contributed by atoms with Crippen molar-refractivity contribution in [1.82, 2.24) is 0 Å². The van der Waals surface area contributed by atoms with Crippen LogP contribution in [-0.2, 0) is 11.2 Å². The summed E-state index contributed by atoms with van der Waals surface area (Å²) in [7, 11) is 1.66. The molecule has 1 fully saturated rings. The van der Waals surface area contributed by atoms with Gasteiger partial charge in [-0.05, 0) is 46.5 Å². The maximum atomic E-state index is 6.24. The Kier molecular flexibility index (Phi) is 3.52. The van der Waals surface area contributed by atoms with E-state index in [1.165, 1.54) is 5.56 Å². The average molecular weight is 286 g/mol. The largest absolute Gasteiger partial charge is 0.496 e. The average Bonchev–Trinajstić information content (AvgIpc) is 2.65. The van der Waals surface area contributed by atoms with Gasteiger partial charge in [0, 0.05) is 12.1 Å². The molecule has 0 radical (unpaired) electrons. The van der Waals surface area contributed by atoms with Gasteiger partial charge in [-0.15, -0.1) is 0 Å². The van der Waals surface area contributed by atoms with Crippen LogP contribution in [0.1, 0.15) is 12.0 Å². The quantitative estimate of drug-likeness (QED) is 0.925. The normalized spacial score (nSPS) is 24.7. The summed E-state index contributed by atoms with van der Waals surface area (Å²) in [5.74, 6) is 0.845. The predicted octanol–water partition coefficient (Wildman–Crippen LogP) is 2.12. The van der Waals surface area contributed by atoms with E-state index in [-0.39, 0.29) is 5.54 Å². The third-order valence-electron chi connectivity index (χ3n) is 2.91. The highest BCUT2D eigenvalue weighted by molar-refractivity contribution is 9.10. The molecule has 0 saturated carbocycles. The zero-order valence-corrected chi connectivity index (χ0v) is 10.9. The van der Waals surface area contributed by atoms with Crippen molar-refractivity contribution in [1.29, 1.82) is 0 Å². The van der Waals surface area contributed by atoms with Crippen LogP contribution in [0.2, 0.25) is 0 Å². The number of hydrogen-bond donors (Lipinski definition) is 1. The molecule has 2 N–H and O–H groups in total. The standard InChI is InChI=1S/C12H16BrNO2/c1-15-11-3-2-9(6-10(11)13)7-12(14)4-5-16-8-12/h2-3,6H,4-5,7-8,14H2,1H3. The molecule has 1 aromatic carbocycles. The van der Waals surface area contributed by atoms with Gasteiger partial charge in [-0.25, -0.2) is 0 Å². The summed E-state index contributed by atoms with van der Waals surface area (Å²) in [5.41, 5.74) is 7.25. The summed E-state index contributed by atoms with van der Waals surface area (Å²) in [6.07, 6.45) is 1.77. The Hall–Kier alpha value is -0.580. The second-order valence-corrected chi connectivity index (χ2v) is 5.16. The van der Waals surface area contributed by atoms with Crippen LogP contribution in [0.15, 0.2) is 22.7 Å². The van der Waals surface area contributed by atoms with Crippen LogP contribution in [0, 0.1) is 0 Å². The van der Waals surface area contributed by atoms with Gasteiger partial charge >= 0.3 is 0 Å². The van der Waals surface area contributed by atoms with Crippen molar-refractivity contribution in [3.8, 4) is 5.75 Å². The maximum Gasteiger partial charge on any atom is 0.133 e. The Morgan fingerprint density at radius 1 is 1.56 bits per heavy atom. The lowest BCUT2D eigenvalue weighted by molar-refractivity contribution is 0.178. The number of benzene rings is 1. The minimum Gasteiger partial charge on any atom is -0.496 e. The topological polar surface area (TPSA) is 44.5 Å². The molecule has 0 bridgehead atoms. The van der Waals surface area contributed by atoms with E-state index in [0.717, 1.165) is 29.7 Å². The van der Waals surface area contributed by atoms with Gasteiger partial charge in [0.05, 0.1) is 18.2 Å². The Balaban J connectivity index is 2.13. The second kappa shape index (κ2) is 4.73. The first-order valence-electron chi connectivity index (χ1n) is 5.32. The number of methoxy groups -OCH3 is 1. The van der Waals surface area contributed by atoms with Gasteiger partial charge in [-0.2, -0.15) is 0 Å². The molecular formula is C12H16BrNO2. The minimum atomic E-state index is -0.200. The lowest BCUT2D eigenvalue weighted by Crippen LogP contribution is -2.42. The van der Waals surface area contributed by atoms with Gasteiger partial charge in [0.25, 0.3) is 0 Å². The van der Waals surface area contributed by atoms with E-state index >= 15 is 0 Å². The second-order valence-electron chi connectivity index (χ2n) is 4.31. The van der Waals surface area contributed by atoms with Crippen molar-refractivity contribution in [3.05, 3.63) is 28.2 Å². The monoisotopic (exact) mass is 285 g/mol. The van der Waals surface area contributed by atoms with Gasteiger partial charge < -0.3 is 15.2 Å².